The molecule has 0 atom stereocenters. The average molecular weight is 272 g/mol. The summed E-state index contributed by atoms with van der Waals surface area (Å²) >= 11 is 1.59. The number of nitrogens with one attached hydrogen (secondary N) is 1. The van der Waals surface area contributed by atoms with E-state index in [4.69, 9.17) is 0 Å². The number of rotatable bonds is 4. The molecule has 2 aromatic rings. The molecule has 0 spiro atoms. The zero-order valence-electron chi connectivity index (χ0n) is 11.0. The second-order valence-corrected chi connectivity index (χ2v) is 5.38. The Morgan fingerprint density at radius 3 is 2.68 bits per heavy atom. The van der Waals surface area contributed by atoms with Crippen molar-refractivity contribution in [2.75, 3.05) is 0 Å². The van der Waals surface area contributed by atoms with Gasteiger partial charge in [-0.3, -0.25) is 4.79 Å². The minimum absolute atomic E-state index is 0.105. The van der Waals surface area contributed by atoms with Crippen molar-refractivity contribution in [3.05, 3.63) is 57.6 Å². The van der Waals surface area contributed by atoms with Crippen LogP contribution in [0, 0.1) is 13.8 Å². The molecule has 1 N–H and O–H groups in total. The zero-order chi connectivity index (χ0) is 13.7. The predicted octanol–water partition coefficient (Wildman–Crippen LogP) is 3.09. The highest BCUT2D eigenvalue weighted by Gasteiger charge is 2.00. The van der Waals surface area contributed by atoms with E-state index in [1.54, 1.807) is 23.5 Å². The zero-order valence-corrected chi connectivity index (χ0v) is 11.8. The molecule has 1 amide bonds. The first-order valence-corrected chi connectivity index (χ1v) is 6.95. The van der Waals surface area contributed by atoms with Crippen molar-refractivity contribution in [3.8, 4) is 0 Å². The van der Waals surface area contributed by atoms with Crippen LogP contribution in [0.3, 0.4) is 0 Å². The van der Waals surface area contributed by atoms with Gasteiger partial charge in [0.25, 0.3) is 0 Å². The van der Waals surface area contributed by atoms with Crippen LogP contribution in [0.2, 0.25) is 0 Å². The van der Waals surface area contributed by atoms with Crippen LogP contribution in [0.1, 0.15) is 21.8 Å². The van der Waals surface area contributed by atoms with Crippen LogP contribution < -0.4 is 5.32 Å². The van der Waals surface area contributed by atoms with Crippen LogP contribution in [0.4, 0.5) is 0 Å². The van der Waals surface area contributed by atoms with E-state index in [9.17, 15) is 4.79 Å². The summed E-state index contributed by atoms with van der Waals surface area (Å²) in [7, 11) is 0. The minimum atomic E-state index is -0.105. The molecule has 0 radical (unpaired) electrons. The van der Waals surface area contributed by atoms with Gasteiger partial charge in [0.1, 0.15) is 0 Å². The lowest BCUT2D eigenvalue weighted by atomic mass is 10.1. The number of carbonyl (C=O) groups excluding carboxylic acids is 1. The molecular weight excluding hydrogens is 256 g/mol. The molecule has 1 aromatic heterocycles. The molecular formula is C15H16N2OS. The van der Waals surface area contributed by atoms with E-state index in [1.807, 2.05) is 43.5 Å². The number of aromatic nitrogens is 1. The summed E-state index contributed by atoms with van der Waals surface area (Å²) in [5.74, 6) is -0.105. The lowest BCUT2D eigenvalue weighted by Crippen LogP contribution is -2.20. The number of amides is 1. The monoisotopic (exact) mass is 272 g/mol. The number of aryl methyl sites for hydroxylation is 2. The maximum atomic E-state index is 11.6. The normalized spacial score (nSPS) is 10.8. The minimum Gasteiger partial charge on any atom is -0.347 e. The topological polar surface area (TPSA) is 42.0 Å². The van der Waals surface area contributed by atoms with Crippen LogP contribution in [-0.4, -0.2) is 10.9 Å². The van der Waals surface area contributed by atoms with Crippen LogP contribution in [0.5, 0.6) is 0 Å². The van der Waals surface area contributed by atoms with E-state index in [1.165, 1.54) is 5.56 Å². The van der Waals surface area contributed by atoms with Gasteiger partial charge in [-0.2, -0.15) is 0 Å². The lowest BCUT2D eigenvalue weighted by molar-refractivity contribution is -0.116. The van der Waals surface area contributed by atoms with Crippen LogP contribution >= 0.6 is 11.3 Å². The highest BCUT2D eigenvalue weighted by Crippen LogP contribution is 2.07. The Bertz CT molecular complexity index is 584. The van der Waals surface area contributed by atoms with Gasteiger partial charge < -0.3 is 5.32 Å². The number of nitrogens with zero attached hydrogens (tertiary/aromatic N) is 1. The van der Waals surface area contributed by atoms with E-state index < -0.39 is 0 Å². The third-order valence-corrected chi connectivity index (χ3v) is 3.44. The Kier molecular flexibility index (Phi) is 4.47. The maximum Gasteiger partial charge on any atom is 0.244 e. The molecule has 2 rings (SSSR count). The molecule has 98 valence electrons. The Balaban J connectivity index is 1.85. The quantitative estimate of drug-likeness (QED) is 0.869. The second kappa shape index (κ2) is 6.29. The SMILES string of the molecule is Cc1ccc(/C=C/C(=O)NCc2csc(C)n2)cc1. The summed E-state index contributed by atoms with van der Waals surface area (Å²) in [5.41, 5.74) is 3.13. The number of thiazole rings is 1. The third-order valence-electron chi connectivity index (χ3n) is 2.61. The van der Waals surface area contributed by atoms with E-state index in [0.29, 0.717) is 6.54 Å². The average Bonchev–Trinajstić information content (AvgIpc) is 2.81. The number of carbonyl (C=O) groups is 1. The van der Waals surface area contributed by atoms with Crippen molar-refractivity contribution in [2.24, 2.45) is 0 Å². The molecule has 3 nitrogen and oxygen atoms in total. The molecule has 0 aliphatic heterocycles. The summed E-state index contributed by atoms with van der Waals surface area (Å²) in [4.78, 5) is 15.9. The smallest absolute Gasteiger partial charge is 0.244 e. The van der Waals surface area contributed by atoms with Crippen LogP contribution in [0.25, 0.3) is 6.08 Å². The van der Waals surface area contributed by atoms with Crippen LogP contribution in [0.15, 0.2) is 35.7 Å². The van der Waals surface area contributed by atoms with E-state index >= 15 is 0 Å². The lowest BCUT2D eigenvalue weighted by Gasteiger charge is -1.99. The molecule has 0 saturated carbocycles. The van der Waals surface area contributed by atoms with Gasteiger partial charge in [-0.15, -0.1) is 11.3 Å². The van der Waals surface area contributed by atoms with Gasteiger partial charge in [-0.1, -0.05) is 29.8 Å². The largest absolute Gasteiger partial charge is 0.347 e. The molecule has 0 bridgehead atoms. The third kappa shape index (κ3) is 4.34. The Labute approximate surface area is 117 Å². The molecule has 0 aliphatic rings. The van der Waals surface area contributed by atoms with E-state index in [2.05, 4.69) is 10.3 Å². The first-order chi connectivity index (χ1) is 9.13. The molecule has 19 heavy (non-hydrogen) atoms. The van der Waals surface area contributed by atoms with Gasteiger partial charge in [0, 0.05) is 11.5 Å². The number of benzene rings is 1. The number of hydrogen-bond donors (Lipinski definition) is 1. The second-order valence-electron chi connectivity index (χ2n) is 4.32. The maximum absolute atomic E-state index is 11.6. The molecule has 0 saturated heterocycles. The Morgan fingerprint density at radius 1 is 1.32 bits per heavy atom. The number of hydrogen-bond acceptors (Lipinski definition) is 3. The molecule has 1 heterocycles. The van der Waals surface area contributed by atoms with Gasteiger partial charge in [0.15, 0.2) is 0 Å². The molecule has 4 heteroatoms. The molecule has 0 unspecified atom stereocenters. The Hall–Kier alpha value is -1.94. The van der Waals surface area contributed by atoms with E-state index in [-0.39, 0.29) is 5.91 Å². The standard InChI is InChI=1S/C15H16N2OS/c1-11-3-5-13(6-4-11)7-8-15(18)16-9-14-10-19-12(2)17-14/h3-8,10H,9H2,1-2H3,(H,16,18)/b8-7+. The highest BCUT2D eigenvalue weighted by molar-refractivity contribution is 7.09. The summed E-state index contributed by atoms with van der Waals surface area (Å²) in [5, 5.41) is 5.78. The Morgan fingerprint density at radius 2 is 2.05 bits per heavy atom. The van der Waals surface area contributed by atoms with E-state index in [0.717, 1.165) is 16.3 Å². The fraction of sp³-hybridized carbons (Fsp3) is 0.200. The first-order valence-electron chi connectivity index (χ1n) is 6.07. The van der Waals surface area contributed by atoms with Crippen molar-refractivity contribution in [1.29, 1.82) is 0 Å². The van der Waals surface area contributed by atoms with Crippen molar-refractivity contribution in [1.82, 2.24) is 10.3 Å². The van der Waals surface area contributed by atoms with Gasteiger partial charge >= 0.3 is 0 Å². The van der Waals surface area contributed by atoms with Crippen molar-refractivity contribution < 1.29 is 4.79 Å². The van der Waals surface area contributed by atoms with Gasteiger partial charge in [0.05, 0.1) is 17.2 Å². The van der Waals surface area contributed by atoms with Crippen molar-refractivity contribution >= 4 is 23.3 Å². The molecule has 0 fully saturated rings. The van der Waals surface area contributed by atoms with Gasteiger partial charge in [-0.25, -0.2) is 4.98 Å². The van der Waals surface area contributed by atoms with Gasteiger partial charge in [0.2, 0.25) is 5.91 Å². The van der Waals surface area contributed by atoms with Crippen molar-refractivity contribution in [2.45, 2.75) is 20.4 Å². The molecule has 1 aromatic carbocycles. The summed E-state index contributed by atoms with van der Waals surface area (Å²) in [6.45, 7) is 4.46. The van der Waals surface area contributed by atoms with Crippen LogP contribution in [-0.2, 0) is 11.3 Å². The predicted molar refractivity (Wildman–Crippen MR) is 78.9 cm³/mol. The first kappa shape index (κ1) is 13.5. The summed E-state index contributed by atoms with van der Waals surface area (Å²) < 4.78 is 0. The molecule has 0 aliphatic carbocycles. The summed E-state index contributed by atoms with van der Waals surface area (Å²) in [6, 6.07) is 8.02. The van der Waals surface area contributed by atoms with Gasteiger partial charge in [-0.05, 0) is 25.5 Å². The summed E-state index contributed by atoms with van der Waals surface area (Å²) in [6.07, 6.45) is 3.35. The van der Waals surface area contributed by atoms with Crippen molar-refractivity contribution in [3.63, 3.8) is 0 Å². The highest BCUT2D eigenvalue weighted by atomic mass is 32.1. The fourth-order valence-electron chi connectivity index (χ4n) is 1.58. The fourth-order valence-corrected chi connectivity index (χ4v) is 2.19.